The Hall–Kier alpha value is -3.43. The highest BCUT2D eigenvalue weighted by atomic mass is 16.2. The van der Waals surface area contributed by atoms with Crippen molar-refractivity contribution in [2.45, 2.75) is 25.8 Å². The van der Waals surface area contributed by atoms with Gasteiger partial charge in [0.05, 0.1) is 12.0 Å². The van der Waals surface area contributed by atoms with Gasteiger partial charge in [0.1, 0.15) is 22.4 Å². The summed E-state index contributed by atoms with van der Waals surface area (Å²) in [4.78, 5) is 43.9. The van der Waals surface area contributed by atoms with E-state index in [2.05, 4.69) is 25.2 Å². The second-order valence-electron chi connectivity index (χ2n) is 7.85. The normalized spacial score (nSPS) is 18.5. The lowest BCUT2D eigenvalue weighted by atomic mass is 10.2. The zero-order valence-electron chi connectivity index (χ0n) is 17.3. The first-order chi connectivity index (χ1) is 14.5. The van der Waals surface area contributed by atoms with Crippen LogP contribution in [0.4, 0.5) is 17.5 Å². The van der Waals surface area contributed by atoms with E-state index in [4.69, 9.17) is 0 Å². The van der Waals surface area contributed by atoms with Crippen LogP contribution in [-0.2, 0) is 14.1 Å². The molecular weight excluding hydrogens is 384 g/mol. The molecule has 10 heteroatoms. The maximum absolute atomic E-state index is 13.6. The van der Waals surface area contributed by atoms with Crippen molar-refractivity contribution in [2.75, 3.05) is 34.8 Å². The van der Waals surface area contributed by atoms with Crippen molar-refractivity contribution in [1.82, 2.24) is 24.1 Å². The highest BCUT2D eigenvalue weighted by Crippen LogP contribution is 2.35. The molecule has 156 valence electrons. The Labute approximate surface area is 173 Å². The monoisotopic (exact) mass is 408 g/mol. The number of carbonyl (C=O) groups excluding carboxylic acids is 1. The highest BCUT2D eigenvalue weighted by molar-refractivity contribution is 6.13. The first-order valence-corrected chi connectivity index (χ1v) is 10.2. The molecular formula is C20H24N8O2. The lowest BCUT2D eigenvalue weighted by molar-refractivity contribution is 0.0988. The molecule has 3 aromatic rings. The molecule has 0 bridgehead atoms. The predicted octanol–water partition coefficient (Wildman–Crippen LogP) is 1.12. The fraction of sp³-hybridized carbons (Fsp3) is 0.450. The van der Waals surface area contributed by atoms with Gasteiger partial charge in [-0.1, -0.05) is 0 Å². The molecule has 30 heavy (non-hydrogen) atoms. The maximum atomic E-state index is 13.6. The SMILES string of the molecule is CCNc1ncc2c(n1)N1CCC[C@H]1CN(c1cn(C)c3ncn(C)c(=O)c13)C2=O. The Morgan fingerprint density at radius 2 is 2.03 bits per heavy atom. The molecule has 1 fully saturated rings. The van der Waals surface area contributed by atoms with Gasteiger partial charge in [0.15, 0.2) is 0 Å². The number of aryl methyl sites for hydroxylation is 2. The Balaban J connectivity index is 1.70. The van der Waals surface area contributed by atoms with Crippen LogP contribution >= 0.6 is 0 Å². The maximum Gasteiger partial charge on any atom is 0.264 e. The first kappa shape index (κ1) is 18.6. The standard InChI is InChI=1S/C20H24N8O2/c1-4-21-20-22-8-13-16(24-20)27-7-5-6-12(27)9-28(18(13)29)14-10-25(2)17-15(14)19(30)26(3)11-23-17/h8,10-12H,4-7,9H2,1-3H3,(H,21,22,24)/t12-/m0/s1. The molecule has 0 spiro atoms. The number of rotatable bonds is 3. The Morgan fingerprint density at radius 1 is 1.20 bits per heavy atom. The van der Waals surface area contributed by atoms with E-state index in [1.54, 1.807) is 22.7 Å². The minimum absolute atomic E-state index is 0.135. The van der Waals surface area contributed by atoms with Crippen molar-refractivity contribution in [2.24, 2.45) is 14.1 Å². The zero-order valence-corrected chi connectivity index (χ0v) is 17.3. The molecule has 0 saturated carbocycles. The summed E-state index contributed by atoms with van der Waals surface area (Å²) in [5.74, 6) is 0.995. The first-order valence-electron chi connectivity index (χ1n) is 10.2. The number of fused-ring (bicyclic) bond motifs is 4. The zero-order chi connectivity index (χ0) is 21.0. The van der Waals surface area contributed by atoms with Crippen LogP contribution in [0, 0.1) is 0 Å². The van der Waals surface area contributed by atoms with E-state index >= 15 is 0 Å². The molecule has 5 rings (SSSR count). The van der Waals surface area contributed by atoms with E-state index in [9.17, 15) is 9.59 Å². The molecule has 1 amide bonds. The number of aromatic nitrogens is 5. The summed E-state index contributed by atoms with van der Waals surface area (Å²) < 4.78 is 3.23. The van der Waals surface area contributed by atoms with Crippen LogP contribution in [0.25, 0.3) is 11.0 Å². The smallest absolute Gasteiger partial charge is 0.264 e. The molecule has 5 heterocycles. The van der Waals surface area contributed by atoms with Crippen LogP contribution in [0.15, 0.2) is 23.5 Å². The number of carbonyl (C=O) groups is 1. The third kappa shape index (κ3) is 2.66. The summed E-state index contributed by atoms with van der Waals surface area (Å²) >= 11 is 0. The van der Waals surface area contributed by atoms with E-state index in [1.165, 1.54) is 10.9 Å². The molecule has 1 atom stereocenters. The molecule has 0 radical (unpaired) electrons. The summed E-state index contributed by atoms with van der Waals surface area (Å²) in [5.41, 5.74) is 1.43. The number of nitrogens with zero attached hydrogens (tertiary/aromatic N) is 7. The molecule has 1 saturated heterocycles. The third-order valence-corrected chi connectivity index (χ3v) is 5.93. The summed E-state index contributed by atoms with van der Waals surface area (Å²) in [6.07, 6.45) is 6.91. The quantitative estimate of drug-likeness (QED) is 0.693. The number of hydrogen-bond donors (Lipinski definition) is 1. The second-order valence-corrected chi connectivity index (χ2v) is 7.85. The topological polar surface area (TPSA) is 101 Å². The summed E-state index contributed by atoms with van der Waals surface area (Å²) in [6.45, 7) is 4.02. The average Bonchev–Trinajstić information content (AvgIpc) is 3.30. The molecule has 0 aromatic carbocycles. The van der Waals surface area contributed by atoms with Gasteiger partial charge >= 0.3 is 0 Å². The lowest BCUT2D eigenvalue weighted by Gasteiger charge is -2.26. The van der Waals surface area contributed by atoms with Gasteiger partial charge in [0.25, 0.3) is 11.5 Å². The van der Waals surface area contributed by atoms with Crippen molar-refractivity contribution in [3.63, 3.8) is 0 Å². The van der Waals surface area contributed by atoms with E-state index in [0.717, 1.165) is 19.4 Å². The minimum Gasteiger partial charge on any atom is -0.354 e. The Bertz CT molecular complexity index is 1210. The fourth-order valence-electron chi connectivity index (χ4n) is 4.47. The van der Waals surface area contributed by atoms with E-state index in [-0.39, 0.29) is 17.5 Å². The third-order valence-electron chi connectivity index (χ3n) is 5.93. The van der Waals surface area contributed by atoms with Crippen LogP contribution in [0.1, 0.15) is 30.1 Å². The summed E-state index contributed by atoms with van der Waals surface area (Å²) in [5, 5.41) is 3.58. The second kappa shape index (κ2) is 6.82. The van der Waals surface area contributed by atoms with Crippen molar-refractivity contribution < 1.29 is 4.79 Å². The molecule has 1 N–H and O–H groups in total. The number of anilines is 3. The summed E-state index contributed by atoms with van der Waals surface area (Å²) in [7, 11) is 3.50. The van der Waals surface area contributed by atoms with E-state index < -0.39 is 0 Å². The van der Waals surface area contributed by atoms with Crippen LogP contribution in [0.5, 0.6) is 0 Å². The Morgan fingerprint density at radius 3 is 2.83 bits per heavy atom. The molecule has 2 aliphatic rings. The van der Waals surface area contributed by atoms with Crippen molar-refractivity contribution in [3.05, 3.63) is 34.6 Å². The van der Waals surface area contributed by atoms with Gasteiger partial charge in [0.2, 0.25) is 5.95 Å². The van der Waals surface area contributed by atoms with Crippen LogP contribution in [0.2, 0.25) is 0 Å². The van der Waals surface area contributed by atoms with Gasteiger partial charge in [-0.2, -0.15) is 4.98 Å². The molecule has 2 aliphatic heterocycles. The largest absolute Gasteiger partial charge is 0.354 e. The van der Waals surface area contributed by atoms with Gasteiger partial charge in [-0.05, 0) is 19.8 Å². The van der Waals surface area contributed by atoms with E-state index in [1.807, 2.05) is 20.2 Å². The van der Waals surface area contributed by atoms with Gasteiger partial charge < -0.3 is 24.3 Å². The van der Waals surface area contributed by atoms with Crippen LogP contribution in [0.3, 0.4) is 0 Å². The fourth-order valence-corrected chi connectivity index (χ4v) is 4.47. The van der Waals surface area contributed by atoms with Crippen LogP contribution < -0.4 is 20.7 Å². The summed E-state index contributed by atoms with van der Waals surface area (Å²) in [6, 6.07) is 0.135. The number of hydrogen-bond acceptors (Lipinski definition) is 7. The number of nitrogens with one attached hydrogen (secondary N) is 1. The van der Waals surface area contributed by atoms with E-state index in [0.29, 0.717) is 47.1 Å². The molecule has 3 aromatic heterocycles. The number of amides is 1. The average molecular weight is 408 g/mol. The van der Waals surface area contributed by atoms with Crippen molar-refractivity contribution >= 4 is 34.4 Å². The van der Waals surface area contributed by atoms with Crippen molar-refractivity contribution in [1.29, 1.82) is 0 Å². The van der Waals surface area contributed by atoms with Gasteiger partial charge in [-0.25, -0.2) is 9.97 Å². The van der Waals surface area contributed by atoms with Gasteiger partial charge in [-0.3, -0.25) is 9.59 Å². The van der Waals surface area contributed by atoms with Crippen LogP contribution in [-0.4, -0.2) is 55.7 Å². The Kier molecular flexibility index (Phi) is 4.23. The van der Waals surface area contributed by atoms with Crippen molar-refractivity contribution in [3.8, 4) is 0 Å². The van der Waals surface area contributed by atoms with Gasteiger partial charge in [-0.15, -0.1) is 0 Å². The molecule has 10 nitrogen and oxygen atoms in total. The minimum atomic E-state index is -0.194. The molecule has 0 aliphatic carbocycles. The predicted molar refractivity (Wildman–Crippen MR) is 114 cm³/mol. The van der Waals surface area contributed by atoms with Gasteiger partial charge in [0, 0.05) is 52.2 Å². The highest BCUT2D eigenvalue weighted by Gasteiger charge is 2.38. The lowest BCUT2D eigenvalue weighted by Crippen LogP contribution is -2.40. The molecule has 0 unspecified atom stereocenters.